The third-order valence-electron chi connectivity index (χ3n) is 4.37. The number of likely N-dealkylation sites (tertiary alicyclic amines) is 1. The van der Waals surface area contributed by atoms with Gasteiger partial charge in [-0.3, -0.25) is 4.98 Å². The Kier molecular flexibility index (Phi) is 6.59. The van der Waals surface area contributed by atoms with Crippen LogP contribution in [-0.2, 0) is 11.3 Å². The molecule has 1 aromatic heterocycles. The minimum atomic E-state index is -0.486. The fraction of sp³-hybridized carbons (Fsp3) is 0.400. The Morgan fingerprint density at radius 3 is 3.04 bits per heavy atom. The molecule has 144 valence electrons. The standard InChI is InChI=1S/C20H24FN3O3/c1-2-26-17-6-4-10-24(14-17)20(25)23-12-15-7-8-19(18(21)11-15)27-16-5-3-9-22-13-16/h3,5,7-9,11,13,17H,2,4,6,10,12,14H2,1H3,(H,23,25). The monoisotopic (exact) mass is 373 g/mol. The van der Waals surface area contributed by atoms with Crippen molar-refractivity contribution in [1.82, 2.24) is 15.2 Å². The zero-order valence-corrected chi connectivity index (χ0v) is 15.4. The van der Waals surface area contributed by atoms with Gasteiger partial charge in [-0.05, 0) is 49.6 Å². The van der Waals surface area contributed by atoms with Crippen LogP contribution in [0.4, 0.5) is 9.18 Å². The summed E-state index contributed by atoms with van der Waals surface area (Å²) in [5.41, 5.74) is 0.665. The zero-order chi connectivity index (χ0) is 19.1. The molecule has 1 aromatic carbocycles. The van der Waals surface area contributed by atoms with Crippen molar-refractivity contribution < 1.29 is 18.7 Å². The van der Waals surface area contributed by atoms with Crippen molar-refractivity contribution in [2.45, 2.75) is 32.4 Å². The predicted molar refractivity (Wildman–Crippen MR) is 99.2 cm³/mol. The van der Waals surface area contributed by atoms with Crippen LogP contribution in [0.1, 0.15) is 25.3 Å². The number of rotatable bonds is 6. The van der Waals surface area contributed by atoms with Gasteiger partial charge in [-0.1, -0.05) is 6.07 Å². The molecule has 6 nitrogen and oxygen atoms in total. The van der Waals surface area contributed by atoms with Gasteiger partial charge in [0, 0.05) is 32.4 Å². The number of carbonyl (C=O) groups is 1. The molecule has 1 aliphatic heterocycles. The number of hydrogen-bond donors (Lipinski definition) is 1. The summed E-state index contributed by atoms with van der Waals surface area (Å²) < 4.78 is 25.4. The Hall–Kier alpha value is -2.67. The Morgan fingerprint density at radius 1 is 1.41 bits per heavy atom. The van der Waals surface area contributed by atoms with Gasteiger partial charge in [0.2, 0.25) is 0 Å². The van der Waals surface area contributed by atoms with Gasteiger partial charge in [-0.2, -0.15) is 0 Å². The molecule has 1 aliphatic rings. The number of benzene rings is 1. The van der Waals surface area contributed by atoms with Gasteiger partial charge in [0.25, 0.3) is 0 Å². The number of aromatic nitrogens is 1. The molecule has 1 N–H and O–H groups in total. The van der Waals surface area contributed by atoms with E-state index < -0.39 is 5.82 Å². The lowest BCUT2D eigenvalue weighted by Crippen LogP contribution is -2.47. The first-order valence-electron chi connectivity index (χ1n) is 9.16. The molecule has 1 saturated heterocycles. The highest BCUT2D eigenvalue weighted by atomic mass is 19.1. The van der Waals surface area contributed by atoms with Crippen molar-refractivity contribution in [1.29, 1.82) is 0 Å². The van der Waals surface area contributed by atoms with Crippen LogP contribution in [0.15, 0.2) is 42.7 Å². The van der Waals surface area contributed by atoms with Gasteiger partial charge in [-0.15, -0.1) is 0 Å². The van der Waals surface area contributed by atoms with Gasteiger partial charge in [0.1, 0.15) is 5.75 Å². The topological polar surface area (TPSA) is 63.7 Å². The molecule has 2 aromatic rings. The third-order valence-corrected chi connectivity index (χ3v) is 4.37. The van der Waals surface area contributed by atoms with Gasteiger partial charge >= 0.3 is 6.03 Å². The SMILES string of the molecule is CCOC1CCCN(C(=O)NCc2ccc(Oc3cccnc3)c(F)c2)C1. The molecule has 0 radical (unpaired) electrons. The van der Waals surface area contributed by atoms with Crippen molar-refractivity contribution in [2.75, 3.05) is 19.7 Å². The van der Waals surface area contributed by atoms with E-state index in [1.807, 2.05) is 6.92 Å². The van der Waals surface area contributed by atoms with Crippen LogP contribution >= 0.6 is 0 Å². The second-order valence-electron chi connectivity index (χ2n) is 6.38. The molecule has 2 heterocycles. The first-order valence-corrected chi connectivity index (χ1v) is 9.16. The number of ether oxygens (including phenoxy) is 2. The Labute approximate surface area is 158 Å². The Morgan fingerprint density at radius 2 is 2.30 bits per heavy atom. The van der Waals surface area contributed by atoms with Gasteiger partial charge in [-0.25, -0.2) is 9.18 Å². The highest BCUT2D eigenvalue weighted by molar-refractivity contribution is 5.74. The number of urea groups is 1. The number of carbonyl (C=O) groups excluding carboxylic acids is 1. The maximum Gasteiger partial charge on any atom is 0.317 e. The summed E-state index contributed by atoms with van der Waals surface area (Å²) in [4.78, 5) is 18.0. The number of pyridine rings is 1. The minimum Gasteiger partial charge on any atom is -0.453 e. The van der Waals surface area contributed by atoms with E-state index in [2.05, 4.69) is 10.3 Å². The van der Waals surface area contributed by atoms with Crippen LogP contribution in [0, 0.1) is 5.82 Å². The van der Waals surface area contributed by atoms with Crippen molar-refractivity contribution in [2.24, 2.45) is 0 Å². The van der Waals surface area contributed by atoms with Crippen LogP contribution in [-0.4, -0.2) is 41.7 Å². The summed E-state index contributed by atoms with van der Waals surface area (Å²) in [6, 6.07) is 7.91. The Bertz CT molecular complexity index is 755. The molecule has 3 rings (SSSR count). The number of amides is 2. The van der Waals surface area contributed by atoms with Crippen molar-refractivity contribution >= 4 is 6.03 Å². The second-order valence-corrected chi connectivity index (χ2v) is 6.38. The average Bonchev–Trinajstić information content (AvgIpc) is 2.69. The molecule has 7 heteroatoms. The van der Waals surface area contributed by atoms with Crippen LogP contribution in [0.3, 0.4) is 0 Å². The molecule has 0 bridgehead atoms. The van der Waals surface area contributed by atoms with E-state index in [1.54, 1.807) is 35.4 Å². The smallest absolute Gasteiger partial charge is 0.317 e. The van der Waals surface area contributed by atoms with E-state index in [0.29, 0.717) is 31.0 Å². The fourth-order valence-electron chi connectivity index (χ4n) is 3.06. The molecule has 27 heavy (non-hydrogen) atoms. The molecule has 1 unspecified atom stereocenters. The summed E-state index contributed by atoms with van der Waals surface area (Å²) in [7, 11) is 0. The first kappa shape index (κ1) is 19.1. The largest absolute Gasteiger partial charge is 0.453 e. The molecule has 0 saturated carbocycles. The maximum absolute atomic E-state index is 14.3. The Balaban J connectivity index is 1.53. The van der Waals surface area contributed by atoms with Crippen LogP contribution in [0.2, 0.25) is 0 Å². The molecular weight excluding hydrogens is 349 g/mol. The lowest BCUT2D eigenvalue weighted by Gasteiger charge is -2.32. The van der Waals surface area contributed by atoms with E-state index in [-0.39, 0.29) is 24.4 Å². The molecule has 1 fully saturated rings. The predicted octanol–water partition coefficient (Wildman–Crippen LogP) is 3.72. The van der Waals surface area contributed by atoms with Gasteiger partial charge < -0.3 is 19.7 Å². The third kappa shape index (κ3) is 5.40. The summed E-state index contributed by atoms with van der Waals surface area (Å²) in [6.45, 7) is 4.15. The number of nitrogens with zero attached hydrogens (tertiary/aromatic N) is 2. The second kappa shape index (κ2) is 9.32. The van der Waals surface area contributed by atoms with E-state index in [1.165, 1.54) is 12.3 Å². The van der Waals surface area contributed by atoms with Crippen LogP contribution in [0.5, 0.6) is 11.5 Å². The van der Waals surface area contributed by atoms with Crippen molar-refractivity contribution in [3.8, 4) is 11.5 Å². The van der Waals surface area contributed by atoms with E-state index in [0.717, 1.165) is 12.8 Å². The number of halogens is 1. The van der Waals surface area contributed by atoms with Crippen molar-refractivity contribution in [3.63, 3.8) is 0 Å². The normalized spacial score (nSPS) is 16.8. The zero-order valence-electron chi connectivity index (χ0n) is 15.4. The molecule has 1 atom stereocenters. The van der Waals surface area contributed by atoms with E-state index in [4.69, 9.17) is 9.47 Å². The van der Waals surface area contributed by atoms with Gasteiger partial charge in [0.15, 0.2) is 11.6 Å². The first-order chi connectivity index (χ1) is 13.2. The highest BCUT2D eigenvalue weighted by Gasteiger charge is 2.23. The van der Waals surface area contributed by atoms with Crippen LogP contribution < -0.4 is 10.1 Å². The molecule has 0 spiro atoms. The minimum absolute atomic E-state index is 0.0934. The average molecular weight is 373 g/mol. The fourth-order valence-corrected chi connectivity index (χ4v) is 3.06. The summed E-state index contributed by atoms with van der Waals surface area (Å²) in [5, 5.41) is 2.84. The number of hydrogen-bond acceptors (Lipinski definition) is 4. The van der Waals surface area contributed by atoms with E-state index in [9.17, 15) is 9.18 Å². The summed E-state index contributed by atoms with van der Waals surface area (Å²) in [6.07, 6.45) is 5.13. The lowest BCUT2D eigenvalue weighted by molar-refractivity contribution is 0.0164. The number of nitrogens with one attached hydrogen (secondary N) is 1. The summed E-state index contributed by atoms with van der Waals surface area (Å²) in [5.74, 6) is 0.0973. The van der Waals surface area contributed by atoms with E-state index >= 15 is 0 Å². The quantitative estimate of drug-likeness (QED) is 0.838. The van der Waals surface area contributed by atoms with Gasteiger partial charge in [0.05, 0.1) is 12.3 Å². The van der Waals surface area contributed by atoms with Crippen LogP contribution in [0.25, 0.3) is 0 Å². The highest BCUT2D eigenvalue weighted by Crippen LogP contribution is 2.24. The maximum atomic E-state index is 14.3. The summed E-state index contributed by atoms with van der Waals surface area (Å²) >= 11 is 0. The lowest BCUT2D eigenvalue weighted by atomic mass is 10.1. The molecular formula is C20H24FN3O3. The number of piperidine rings is 1. The molecule has 2 amide bonds. The van der Waals surface area contributed by atoms with Crippen molar-refractivity contribution in [3.05, 3.63) is 54.1 Å². The molecule has 0 aliphatic carbocycles.